The first-order chi connectivity index (χ1) is 15.6. The molecule has 1 heterocycles. The van der Waals surface area contributed by atoms with Crippen LogP contribution in [0.2, 0.25) is 10.0 Å². The average molecular weight is 472 g/mol. The number of benzene rings is 2. The van der Waals surface area contributed by atoms with E-state index in [2.05, 4.69) is 22.0 Å². The molecular formula is C26H31Cl2N3O. The molecule has 0 radical (unpaired) electrons. The summed E-state index contributed by atoms with van der Waals surface area (Å²) in [5.41, 5.74) is 3.25. The molecule has 2 aromatic carbocycles. The molecule has 4 nitrogen and oxygen atoms in total. The number of rotatable bonds is 9. The van der Waals surface area contributed by atoms with Crippen molar-refractivity contribution in [3.8, 4) is 0 Å². The molecule has 0 bridgehead atoms. The van der Waals surface area contributed by atoms with Crippen LogP contribution in [0, 0.1) is 5.92 Å². The summed E-state index contributed by atoms with van der Waals surface area (Å²) < 4.78 is 2.28. The maximum atomic E-state index is 12.3. The van der Waals surface area contributed by atoms with Crippen molar-refractivity contribution in [1.29, 1.82) is 0 Å². The van der Waals surface area contributed by atoms with Crippen LogP contribution in [0.15, 0.2) is 42.5 Å². The lowest BCUT2D eigenvalue weighted by Gasteiger charge is -2.20. The van der Waals surface area contributed by atoms with E-state index >= 15 is 0 Å². The highest BCUT2D eigenvalue weighted by Gasteiger charge is 2.20. The second-order valence-corrected chi connectivity index (χ2v) is 9.60. The second kappa shape index (κ2) is 11.2. The minimum Gasteiger partial charge on any atom is -0.356 e. The highest BCUT2D eigenvalue weighted by Crippen LogP contribution is 2.25. The van der Waals surface area contributed by atoms with Crippen molar-refractivity contribution in [3.05, 3.63) is 63.9 Å². The Balaban J connectivity index is 1.32. The Hall–Kier alpha value is -2.04. The van der Waals surface area contributed by atoms with Crippen molar-refractivity contribution < 1.29 is 4.79 Å². The quantitative estimate of drug-likeness (QED) is 0.348. The minimum absolute atomic E-state index is 0.241. The number of imidazole rings is 1. The summed E-state index contributed by atoms with van der Waals surface area (Å²) in [4.78, 5) is 17.2. The molecule has 0 spiro atoms. The zero-order chi connectivity index (χ0) is 22.3. The average Bonchev–Trinajstić information content (AvgIpc) is 3.16. The van der Waals surface area contributed by atoms with Gasteiger partial charge >= 0.3 is 0 Å². The van der Waals surface area contributed by atoms with Crippen molar-refractivity contribution in [3.63, 3.8) is 0 Å². The van der Waals surface area contributed by atoms with E-state index in [9.17, 15) is 4.79 Å². The number of halogens is 2. The van der Waals surface area contributed by atoms with E-state index in [-0.39, 0.29) is 11.8 Å². The summed E-state index contributed by atoms with van der Waals surface area (Å²) in [5.74, 6) is 1.58. The van der Waals surface area contributed by atoms with E-state index < -0.39 is 0 Å². The van der Waals surface area contributed by atoms with Gasteiger partial charge in [-0.1, -0.05) is 67.1 Å². The SMILES string of the molecule is O=C(NCCCCCc1nc2ccccc2n1Cc1ccc(Cl)c(Cl)c1)C1CCCCC1. The number of aromatic nitrogens is 2. The maximum absolute atomic E-state index is 12.3. The normalized spacial score (nSPS) is 14.7. The first-order valence-corrected chi connectivity index (χ1v) is 12.5. The number of fused-ring (bicyclic) bond motifs is 1. The van der Waals surface area contributed by atoms with Crippen LogP contribution in [0.25, 0.3) is 11.0 Å². The fourth-order valence-corrected chi connectivity index (χ4v) is 4.94. The van der Waals surface area contributed by atoms with E-state index in [1.54, 1.807) is 0 Å². The topological polar surface area (TPSA) is 46.9 Å². The largest absolute Gasteiger partial charge is 0.356 e. The molecule has 1 amide bonds. The molecule has 1 N–H and O–H groups in total. The molecule has 0 aliphatic heterocycles. The number of hydrogen-bond donors (Lipinski definition) is 1. The number of carbonyl (C=O) groups is 1. The van der Waals surface area contributed by atoms with Gasteiger partial charge in [0.25, 0.3) is 0 Å². The van der Waals surface area contributed by atoms with Crippen molar-refractivity contribution >= 4 is 40.1 Å². The number of amides is 1. The van der Waals surface area contributed by atoms with Gasteiger partial charge < -0.3 is 9.88 Å². The summed E-state index contributed by atoms with van der Waals surface area (Å²) in [7, 11) is 0. The molecule has 0 atom stereocenters. The standard InChI is InChI=1S/C26H31Cl2N3O/c27-21-15-14-19(17-22(21)28)18-31-24-12-7-6-11-23(24)30-25(31)13-5-2-8-16-29-26(32)20-9-3-1-4-10-20/h6-7,11-12,14-15,17,20H,1-5,8-10,13,16,18H2,(H,29,32). The number of nitrogens with zero attached hydrogens (tertiary/aromatic N) is 2. The maximum Gasteiger partial charge on any atom is 0.223 e. The van der Waals surface area contributed by atoms with Gasteiger partial charge in [0, 0.05) is 25.4 Å². The third-order valence-electron chi connectivity index (χ3n) is 6.41. The summed E-state index contributed by atoms with van der Waals surface area (Å²) >= 11 is 12.3. The number of para-hydroxylation sites is 2. The molecule has 1 aliphatic carbocycles. The lowest BCUT2D eigenvalue weighted by Crippen LogP contribution is -2.32. The van der Waals surface area contributed by atoms with Gasteiger partial charge in [0.1, 0.15) is 5.82 Å². The number of carbonyl (C=O) groups excluding carboxylic acids is 1. The molecular weight excluding hydrogens is 441 g/mol. The van der Waals surface area contributed by atoms with Gasteiger partial charge in [0.2, 0.25) is 5.91 Å². The number of nitrogens with one attached hydrogen (secondary N) is 1. The molecule has 3 aromatic rings. The van der Waals surface area contributed by atoms with E-state index in [0.29, 0.717) is 16.6 Å². The summed E-state index contributed by atoms with van der Waals surface area (Å²) in [6.45, 7) is 1.49. The van der Waals surface area contributed by atoms with Crippen LogP contribution in [0.1, 0.15) is 62.8 Å². The Labute approximate surface area is 200 Å². The smallest absolute Gasteiger partial charge is 0.223 e. The first kappa shape index (κ1) is 23.1. The van der Waals surface area contributed by atoms with Crippen molar-refractivity contribution in [2.45, 2.75) is 64.3 Å². The number of hydrogen-bond acceptors (Lipinski definition) is 2. The highest BCUT2D eigenvalue weighted by atomic mass is 35.5. The molecule has 1 saturated carbocycles. The van der Waals surface area contributed by atoms with Gasteiger partial charge in [-0.3, -0.25) is 4.79 Å². The molecule has 0 saturated heterocycles. The first-order valence-electron chi connectivity index (χ1n) is 11.8. The van der Waals surface area contributed by atoms with Gasteiger partial charge in [-0.15, -0.1) is 0 Å². The van der Waals surface area contributed by atoms with E-state index in [1.807, 2.05) is 30.3 Å². The number of unbranched alkanes of at least 4 members (excludes halogenated alkanes) is 2. The van der Waals surface area contributed by atoms with Gasteiger partial charge in [0.15, 0.2) is 0 Å². The zero-order valence-corrected chi connectivity index (χ0v) is 20.0. The molecule has 1 aliphatic rings. The second-order valence-electron chi connectivity index (χ2n) is 8.79. The van der Waals surface area contributed by atoms with Gasteiger partial charge in [0.05, 0.1) is 21.1 Å². The predicted octanol–water partition coefficient (Wildman–Crippen LogP) is 6.80. The van der Waals surface area contributed by atoms with E-state index in [1.165, 1.54) is 19.3 Å². The van der Waals surface area contributed by atoms with Gasteiger partial charge in [-0.2, -0.15) is 0 Å². The number of aryl methyl sites for hydroxylation is 1. The predicted molar refractivity (Wildman–Crippen MR) is 132 cm³/mol. The third-order valence-corrected chi connectivity index (χ3v) is 7.15. The van der Waals surface area contributed by atoms with E-state index in [4.69, 9.17) is 28.2 Å². The summed E-state index contributed by atoms with van der Waals surface area (Å²) in [6.07, 6.45) is 9.81. The van der Waals surface area contributed by atoms with Crippen LogP contribution in [0.4, 0.5) is 0 Å². The van der Waals surface area contributed by atoms with Crippen LogP contribution < -0.4 is 5.32 Å². The van der Waals surface area contributed by atoms with Crippen LogP contribution >= 0.6 is 23.2 Å². The minimum atomic E-state index is 0.241. The monoisotopic (exact) mass is 471 g/mol. The molecule has 1 aromatic heterocycles. The van der Waals surface area contributed by atoms with Gasteiger partial charge in [-0.25, -0.2) is 4.98 Å². The Morgan fingerprint density at radius 3 is 2.62 bits per heavy atom. The molecule has 0 unspecified atom stereocenters. The molecule has 1 fully saturated rings. The summed E-state index contributed by atoms with van der Waals surface area (Å²) in [6, 6.07) is 14.0. The fourth-order valence-electron chi connectivity index (χ4n) is 4.62. The Kier molecular flexibility index (Phi) is 8.10. The van der Waals surface area contributed by atoms with Crippen molar-refractivity contribution in [2.75, 3.05) is 6.54 Å². The lowest BCUT2D eigenvalue weighted by molar-refractivity contribution is -0.125. The van der Waals surface area contributed by atoms with Crippen LogP contribution in [-0.2, 0) is 17.8 Å². The highest BCUT2D eigenvalue weighted by molar-refractivity contribution is 6.42. The Morgan fingerprint density at radius 2 is 1.81 bits per heavy atom. The van der Waals surface area contributed by atoms with Gasteiger partial charge in [-0.05, 0) is 55.5 Å². The van der Waals surface area contributed by atoms with Crippen LogP contribution in [0.5, 0.6) is 0 Å². The Morgan fingerprint density at radius 1 is 1.00 bits per heavy atom. The third kappa shape index (κ3) is 5.85. The van der Waals surface area contributed by atoms with Crippen molar-refractivity contribution in [2.24, 2.45) is 5.92 Å². The molecule has 32 heavy (non-hydrogen) atoms. The van der Waals surface area contributed by atoms with Crippen LogP contribution in [-0.4, -0.2) is 22.0 Å². The molecule has 6 heteroatoms. The van der Waals surface area contributed by atoms with E-state index in [0.717, 1.165) is 67.5 Å². The summed E-state index contributed by atoms with van der Waals surface area (Å²) in [5, 5.41) is 4.29. The fraction of sp³-hybridized carbons (Fsp3) is 0.462. The molecule has 170 valence electrons. The van der Waals surface area contributed by atoms with Crippen LogP contribution in [0.3, 0.4) is 0 Å². The zero-order valence-electron chi connectivity index (χ0n) is 18.5. The molecule has 4 rings (SSSR count). The van der Waals surface area contributed by atoms with Crippen molar-refractivity contribution in [1.82, 2.24) is 14.9 Å². The lowest BCUT2D eigenvalue weighted by atomic mass is 9.89. The Bertz CT molecular complexity index is 1060.